The molecule has 0 spiro atoms. The van der Waals surface area contributed by atoms with E-state index in [1.54, 1.807) is 0 Å². The number of nitrogens with zero attached hydrogens (tertiary/aromatic N) is 2. The highest BCUT2D eigenvalue weighted by Crippen LogP contribution is 2.17. The summed E-state index contributed by atoms with van der Waals surface area (Å²) in [5.74, 6) is 1.81. The zero-order valence-corrected chi connectivity index (χ0v) is 14.7. The Morgan fingerprint density at radius 1 is 1.19 bits per heavy atom. The molecule has 1 aromatic heterocycles. The standard InChI is InChI=1S/C18H33N3/c1-7-9-17-10-16(12-19-14(3)4)11-18(20-17)21(6)13-15(5)8-2/h10-11,14-15,19H,7-9,12-13H2,1-6H3. The van der Waals surface area contributed by atoms with E-state index < -0.39 is 0 Å². The molecule has 1 heterocycles. The van der Waals surface area contributed by atoms with Crippen LogP contribution in [0.3, 0.4) is 0 Å². The van der Waals surface area contributed by atoms with Crippen molar-refractivity contribution in [3.8, 4) is 0 Å². The summed E-state index contributed by atoms with van der Waals surface area (Å²) in [5.41, 5.74) is 2.56. The molecule has 3 nitrogen and oxygen atoms in total. The van der Waals surface area contributed by atoms with E-state index in [0.29, 0.717) is 12.0 Å². The third-order valence-electron chi connectivity index (χ3n) is 3.82. The number of aromatic nitrogens is 1. The summed E-state index contributed by atoms with van der Waals surface area (Å²) in [4.78, 5) is 7.13. The lowest BCUT2D eigenvalue weighted by Gasteiger charge is -2.23. The van der Waals surface area contributed by atoms with Gasteiger partial charge in [-0.05, 0) is 30.0 Å². The summed E-state index contributed by atoms with van der Waals surface area (Å²) in [6.45, 7) is 13.1. The van der Waals surface area contributed by atoms with E-state index in [2.05, 4.69) is 64.0 Å². The SMILES string of the molecule is CCCc1cc(CNC(C)C)cc(N(C)CC(C)CC)n1. The van der Waals surface area contributed by atoms with Gasteiger partial charge in [-0.1, -0.05) is 47.5 Å². The highest BCUT2D eigenvalue weighted by atomic mass is 15.2. The second kappa shape index (κ2) is 9.04. The number of pyridine rings is 1. The quantitative estimate of drug-likeness (QED) is 0.745. The molecule has 1 aromatic rings. The second-order valence-electron chi connectivity index (χ2n) is 6.50. The number of hydrogen-bond acceptors (Lipinski definition) is 3. The van der Waals surface area contributed by atoms with Crippen molar-refractivity contribution in [3.63, 3.8) is 0 Å². The summed E-state index contributed by atoms with van der Waals surface area (Å²) < 4.78 is 0. The van der Waals surface area contributed by atoms with Gasteiger partial charge in [0.1, 0.15) is 5.82 Å². The van der Waals surface area contributed by atoms with Gasteiger partial charge in [-0.25, -0.2) is 4.98 Å². The van der Waals surface area contributed by atoms with Gasteiger partial charge in [-0.3, -0.25) is 0 Å². The number of rotatable bonds is 9. The molecule has 1 rings (SSSR count). The minimum absolute atomic E-state index is 0.508. The smallest absolute Gasteiger partial charge is 0.128 e. The van der Waals surface area contributed by atoms with Gasteiger partial charge in [0.2, 0.25) is 0 Å². The van der Waals surface area contributed by atoms with Gasteiger partial charge in [0.25, 0.3) is 0 Å². The Hall–Kier alpha value is -1.09. The Labute approximate surface area is 131 Å². The normalized spacial score (nSPS) is 12.7. The van der Waals surface area contributed by atoms with E-state index in [0.717, 1.165) is 31.7 Å². The molecule has 21 heavy (non-hydrogen) atoms. The van der Waals surface area contributed by atoms with E-state index >= 15 is 0 Å². The van der Waals surface area contributed by atoms with Crippen LogP contribution in [-0.4, -0.2) is 24.6 Å². The van der Waals surface area contributed by atoms with E-state index in [-0.39, 0.29) is 0 Å². The van der Waals surface area contributed by atoms with Gasteiger partial charge in [0.15, 0.2) is 0 Å². The maximum atomic E-state index is 4.84. The topological polar surface area (TPSA) is 28.2 Å². The van der Waals surface area contributed by atoms with Crippen LogP contribution in [0, 0.1) is 5.92 Å². The number of aryl methyl sites for hydroxylation is 1. The van der Waals surface area contributed by atoms with Crippen molar-refractivity contribution in [2.75, 3.05) is 18.5 Å². The third-order valence-corrected chi connectivity index (χ3v) is 3.82. The third kappa shape index (κ3) is 6.47. The fourth-order valence-electron chi connectivity index (χ4n) is 2.33. The van der Waals surface area contributed by atoms with Crippen molar-refractivity contribution in [2.45, 2.75) is 66.5 Å². The first kappa shape index (κ1) is 18.0. The number of nitrogens with one attached hydrogen (secondary N) is 1. The lowest BCUT2D eigenvalue weighted by Crippen LogP contribution is -2.26. The Balaban J connectivity index is 2.89. The van der Waals surface area contributed by atoms with E-state index in [9.17, 15) is 0 Å². The molecule has 0 radical (unpaired) electrons. The molecule has 120 valence electrons. The van der Waals surface area contributed by atoms with Gasteiger partial charge in [-0.2, -0.15) is 0 Å². The van der Waals surface area contributed by atoms with Gasteiger partial charge in [0.05, 0.1) is 0 Å². The average molecular weight is 291 g/mol. The average Bonchev–Trinajstić information content (AvgIpc) is 2.45. The van der Waals surface area contributed by atoms with Crippen LogP contribution in [0.5, 0.6) is 0 Å². The minimum Gasteiger partial charge on any atom is -0.359 e. The van der Waals surface area contributed by atoms with Gasteiger partial charge < -0.3 is 10.2 Å². The van der Waals surface area contributed by atoms with Crippen LogP contribution in [0.4, 0.5) is 5.82 Å². The lowest BCUT2D eigenvalue weighted by atomic mass is 10.1. The first-order valence-electron chi connectivity index (χ1n) is 8.40. The molecular formula is C18H33N3. The van der Waals surface area contributed by atoms with Crippen molar-refractivity contribution in [3.05, 3.63) is 23.4 Å². The molecule has 1 unspecified atom stereocenters. The molecular weight excluding hydrogens is 258 g/mol. The summed E-state index contributed by atoms with van der Waals surface area (Å²) >= 11 is 0. The van der Waals surface area contributed by atoms with Crippen LogP contribution in [0.1, 0.15) is 58.7 Å². The van der Waals surface area contributed by atoms with Crippen LogP contribution >= 0.6 is 0 Å². The molecule has 0 saturated carbocycles. The highest BCUT2D eigenvalue weighted by molar-refractivity contribution is 5.42. The highest BCUT2D eigenvalue weighted by Gasteiger charge is 2.10. The van der Waals surface area contributed by atoms with Crippen LogP contribution in [0.25, 0.3) is 0 Å². The molecule has 0 aliphatic carbocycles. The maximum Gasteiger partial charge on any atom is 0.128 e. The molecule has 0 fully saturated rings. The molecule has 3 heteroatoms. The monoisotopic (exact) mass is 291 g/mol. The van der Waals surface area contributed by atoms with E-state index in [1.807, 2.05) is 0 Å². The van der Waals surface area contributed by atoms with E-state index in [1.165, 1.54) is 17.7 Å². The fraction of sp³-hybridized carbons (Fsp3) is 0.722. The van der Waals surface area contributed by atoms with Crippen LogP contribution in [0.15, 0.2) is 12.1 Å². The summed E-state index contributed by atoms with van der Waals surface area (Å²) in [7, 11) is 2.16. The predicted octanol–water partition coefficient (Wildman–Crippen LogP) is 4.01. The molecule has 1 N–H and O–H groups in total. The Morgan fingerprint density at radius 3 is 2.48 bits per heavy atom. The molecule has 1 atom stereocenters. The second-order valence-corrected chi connectivity index (χ2v) is 6.50. The van der Waals surface area contributed by atoms with Crippen molar-refractivity contribution < 1.29 is 0 Å². The molecule has 0 bridgehead atoms. The fourth-order valence-corrected chi connectivity index (χ4v) is 2.33. The zero-order chi connectivity index (χ0) is 15.8. The van der Waals surface area contributed by atoms with Gasteiger partial charge in [-0.15, -0.1) is 0 Å². The van der Waals surface area contributed by atoms with Crippen LogP contribution < -0.4 is 10.2 Å². The minimum atomic E-state index is 0.508. The summed E-state index contributed by atoms with van der Waals surface area (Å²) in [5, 5.41) is 3.50. The Kier molecular flexibility index (Phi) is 7.73. The van der Waals surface area contributed by atoms with Crippen molar-refractivity contribution in [1.29, 1.82) is 0 Å². The van der Waals surface area contributed by atoms with Gasteiger partial charge in [0, 0.05) is 31.9 Å². The van der Waals surface area contributed by atoms with Crippen LogP contribution in [0.2, 0.25) is 0 Å². The predicted molar refractivity (Wildman–Crippen MR) is 92.9 cm³/mol. The van der Waals surface area contributed by atoms with Crippen molar-refractivity contribution in [1.82, 2.24) is 10.3 Å². The summed E-state index contributed by atoms with van der Waals surface area (Å²) in [6.07, 6.45) is 3.41. The maximum absolute atomic E-state index is 4.84. The Bertz CT molecular complexity index is 415. The number of hydrogen-bond donors (Lipinski definition) is 1. The molecule has 0 saturated heterocycles. The van der Waals surface area contributed by atoms with Gasteiger partial charge >= 0.3 is 0 Å². The molecule has 0 aliphatic heterocycles. The number of anilines is 1. The van der Waals surface area contributed by atoms with Crippen LogP contribution in [-0.2, 0) is 13.0 Å². The molecule has 0 amide bonds. The first-order valence-corrected chi connectivity index (χ1v) is 8.40. The largest absolute Gasteiger partial charge is 0.359 e. The Morgan fingerprint density at radius 2 is 1.90 bits per heavy atom. The van der Waals surface area contributed by atoms with Crippen molar-refractivity contribution >= 4 is 5.82 Å². The lowest BCUT2D eigenvalue weighted by molar-refractivity contribution is 0.556. The first-order chi connectivity index (χ1) is 9.96. The molecule has 0 aromatic carbocycles. The zero-order valence-electron chi connectivity index (χ0n) is 14.7. The van der Waals surface area contributed by atoms with Crippen molar-refractivity contribution in [2.24, 2.45) is 5.92 Å². The van der Waals surface area contributed by atoms with E-state index in [4.69, 9.17) is 4.98 Å². The molecule has 0 aliphatic rings. The summed E-state index contributed by atoms with van der Waals surface area (Å²) in [6, 6.07) is 4.99.